The fraction of sp³-hybridized carbons (Fsp3) is 0.667. The zero-order valence-electron chi connectivity index (χ0n) is 9.07. The number of anilines is 1. The van der Waals surface area contributed by atoms with Gasteiger partial charge in [0, 0.05) is 14.2 Å². The maximum atomic E-state index is 5.80. The summed E-state index contributed by atoms with van der Waals surface area (Å²) in [5.74, 6) is 0.604. The molecule has 0 saturated carbocycles. The molecule has 14 heavy (non-hydrogen) atoms. The van der Waals surface area contributed by atoms with E-state index in [0.717, 1.165) is 5.69 Å². The molecule has 5 nitrogen and oxygen atoms in total. The van der Waals surface area contributed by atoms with E-state index >= 15 is 0 Å². The van der Waals surface area contributed by atoms with E-state index in [9.17, 15) is 0 Å². The summed E-state index contributed by atoms with van der Waals surface area (Å²) >= 11 is 0. The number of nitrogen functional groups attached to an aromatic ring is 1. The molecule has 1 atom stereocenters. The molecule has 0 aliphatic heterocycles. The molecule has 1 aromatic heterocycles. The minimum atomic E-state index is -0.0305. The molecule has 0 bridgehead atoms. The lowest BCUT2D eigenvalue weighted by Crippen LogP contribution is -2.20. The molecule has 0 fully saturated rings. The van der Waals surface area contributed by atoms with Gasteiger partial charge in [-0.3, -0.25) is 0 Å². The molecule has 1 aromatic rings. The topological polar surface area (TPSA) is 62.3 Å². The van der Waals surface area contributed by atoms with Crippen LogP contribution in [-0.2, 0) is 11.8 Å². The SMILES string of the molecule is COCC(C)Oc1c(N)c(C)nn1C. The Morgan fingerprint density at radius 1 is 1.57 bits per heavy atom. The second kappa shape index (κ2) is 4.32. The summed E-state index contributed by atoms with van der Waals surface area (Å²) in [6.45, 7) is 4.30. The van der Waals surface area contributed by atoms with E-state index in [4.69, 9.17) is 15.2 Å². The van der Waals surface area contributed by atoms with Crippen LogP contribution in [0.25, 0.3) is 0 Å². The van der Waals surface area contributed by atoms with Gasteiger partial charge in [0.1, 0.15) is 11.8 Å². The molecule has 80 valence electrons. The average molecular weight is 199 g/mol. The molecule has 0 aliphatic rings. The zero-order valence-corrected chi connectivity index (χ0v) is 9.07. The zero-order chi connectivity index (χ0) is 10.7. The molecule has 5 heteroatoms. The van der Waals surface area contributed by atoms with Crippen LogP contribution in [-0.4, -0.2) is 29.6 Å². The maximum absolute atomic E-state index is 5.80. The van der Waals surface area contributed by atoms with Crippen LogP contribution >= 0.6 is 0 Å². The lowest BCUT2D eigenvalue weighted by molar-refractivity contribution is 0.0865. The molecule has 0 aliphatic carbocycles. The van der Waals surface area contributed by atoms with Gasteiger partial charge in [0.2, 0.25) is 5.88 Å². The predicted molar refractivity (Wildman–Crippen MR) is 54.3 cm³/mol. The molecule has 1 unspecified atom stereocenters. The van der Waals surface area contributed by atoms with E-state index in [0.29, 0.717) is 18.2 Å². The van der Waals surface area contributed by atoms with Gasteiger partial charge in [-0.05, 0) is 13.8 Å². The number of methoxy groups -OCH3 is 1. The number of nitrogens with two attached hydrogens (primary N) is 1. The van der Waals surface area contributed by atoms with Crippen LogP contribution in [0.15, 0.2) is 0 Å². The van der Waals surface area contributed by atoms with E-state index in [-0.39, 0.29) is 6.10 Å². The van der Waals surface area contributed by atoms with Crippen molar-refractivity contribution in [2.24, 2.45) is 7.05 Å². The first-order chi connectivity index (χ1) is 6.56. The second-order valence-corrected chi connectivity index (χ2v) is 3.31. The van der Waals surface area contributed by atoms with Crippen LogP contribution in [0.1, 0.15) is 12.6 Å². The first-order valence-electron chi connectivity index (χ1n) is 4.51. The second-order valence-electron chi connectivity index (χ2n) is 3.31. The largest absolute Gasteiger partial charge is 0.471 e. The van der Waals surface area contributed by atoms with Crippen molar-refractivity contribution in [2.75, 3.05) is 19.5 Å². The fourth-order valence-corrected chi connectivity index (χ4v) is 1.25. The Hall–Kier alpha value is -1.23. The van der Waals surface area contributed by atoms with Gasteiger partial charge in [-0.25, -0.2) is 4.68 Å². The molecule has 0 aromatic carbocycles. The lowest BCUT2D eigenvalue weighted by atomic mass is 10.4. The van der Waals surface area contributed by atoms with Crippen LogP contribution in [0.4, 0.5) is 5.69 Å². The summed E-state index contributed by atoms with van der Waals surface area (Å²) < 4.78 is 12.2. The molecule has 1 heterocycles. The Labute approximate surface area is 83.8 Å². The van der Waals surface area contributed by atoms with E-state index in [1.807, 2.05) is 13.8 Å². The third-order valence-corrected chi connectivity index (χ3v) is 1.93. The van der Waals surface area contributed by atoms with E-state index in [1.165, 1.54) is 0 Å². The lowest BCUT2D eigenvalue weighted by Gasteiger charge is -2.13. The quantitative estimate of drug-likeness (QED) is 0.776. The minimum absolute atomic E-state index is 0.0305. The van der Waals surface area contributed by atoms with E-state index < -0.39 is 0 Å². The van der Waals surface area contributed by atoms with Crippen molar-refractivity contribution < 1.29 is 9.47 Å². The number of nitrogens with zero attached hydrogens (tertiary/aromatic N) is 2. The van der Waals surface area contributed by atoms with Gasteiger partial charge in [0.05, 0.1) is 12.3 Å². The Kier molecular flexibility index (Phi) is 3.35. The number of aryl methyl sites for hydroxylation is 2. The van der Waals surface area contributed by atoms with Crippen LogP contribution in [0.2, 0.25) is 0 Å². The molecule has 2 N–H and O–H groups in total. The van der Waals surface area contributed by atoms with Crippen LogP contribution in [0.5, 0.6) is 5.88 Å². The van der Waals surface area contributed by atoms with E-state index in [1.54, 1.807) is 18.8 Å². The Morgan fingerprint density at radius 3 is 2.64 bits per heavy atom. The first-order valence-corrected chi connectivity index (χ1v) is 4.51. The maximum Gasteiger partial charge on any atom is 0.236 e. The molecule has 0 spiro atoms. The smallest absolute Gasteiger partial charge is 0.236 e. The third kappa shape index (κ3) is 2.17. The monoisotopic (exact) mass is 199 g/mol. The highest BCUT2D eigenvalue weighted by molar-refractivity contribution is 5.52. The van der Waals surface area contributed by atoms with Gasteiger partial charge < -0.3 is 15.2 Å². The number of hydrogen-bond acceptors (Lipinski definition) is 4. The predicted octanol–water partition coefficient (Wildman–Crippen LogP) is 0.724. The molecule has 0 saturated heterocycles. The van der Waals surface area contributed by atoms with Crippen molar-refractivity contribution in [1.29, 1.82) is 0 Å². The standard InChI is InChI=1S/C9H17N3O2/c1-6(5-13-4)14-9-8(10)7(2)11-12(9)3/h6H,5,10H2,1-4H3. The van der Waals surface area contributed by atoms with E-state index in [2.05, 4.69) is 5.10 Å². The average Bonchev–Trinajstić information content (AvgIpc) is 2.33. The highest BCUT2D eigenvalue weighted by Crippen LogP contribution is 2.24. The molecular formula is C9H17N3O2. The molecule has 0 amide bonds. The first kappa shape index (κ1) is 10.8. The molecular weight excluding hydrogens is 182 g/mol. The summed E-state index contributed by atoms with van der Waals surface area (Å²) in [5.41, 5.74) is 7.18. The summed E-state index contributed by atoms with van der Waals surface area (Å²) in [4.78, 5) is 0. The van der Waals surface area contributed by atoms with Gasteiger partial charge in [-0.15, -0.1) is 0 Å². The highest BCUT2D eigenvalue weighted by atomic mass is 16.5. The summed E-state index contributed by atoms with van der Waals surface area (Å²) in [5, 5.41) is 4.15. The summed E-state index contributed by atoms with van der Waals surface area (Å²) in [6.07, 6.45) is -0.0305. The van der Waals surface area contributed by atoms with Crippen molar-refractivity contribution in [3.05, 3.63) is 5.69 Å². The van der Waals surface area contributed by atoms with Crippen molar-refractivity contribution in [3.8, 4) is 5.88 Å². The normalized spacial score (nSPS) is 12.9. The van der Waals surface area contributed by atoms with Crippen molar-refractivity contribution >= 4 is 5.69 Å². The number of hydrogen-bond donors (Lipinski definition) is 1. The van der Waals surface area contributed by atoms with Gasteiger partial charge in [0.25, 0.3) is 0 Å². The van der Waals surface area contributed by atoms with Crippen molar-refractivity contribution in [2.45, 2.75) is 20.0 Å². The third-order valence-electron chi connectivity index (χ3n) is 1.93. The Morgan fingerprint density at radius 2 is 2.21 bits per heavy atom. The minimum Gasteiger partial charge on any atom is -0.471 e. The Bertz CT molecular complexity index is 309. The molecule has 1 rings (SSSR count). The van der Waals surface area contributed by atoms with Gasteiger partial charge in [-0.2, -0.15) is 5.10 Å². The van der Waals surface area contributed by atoms with Crippen LogP contribution in [0.3, 0.4) is 0 Å². The number of aromatic nitrogens is 2. The summed E-state index contributed by atoms with van der Waals surface area (Å²) in [7, 11) is 3.44. The fourth-order valence-electron chi connectivity index (χ4n) is 1.25. The van der Waals surface area contributed by atoms with Crippen molar-refractivity contribution in [1.82, 2.24) is 9.78 Å². The highest BCUT2D eigenvalue weighted by Gasteiger charge is 2.14. The number of ether oxygens (including phenoxy) is 2. The van der Waals surface area contributed by atoms with Crippen LogP contribution in [0, 0.1) is 6.92 Å². The Balaban J connectivity index is 2.75. The molecule has 0 radical (unpaired) electrons. The summed E-state index contributed by atoms with van der Waals surface area (Å²) in [6, 6.07) is 0. The van der Waals surface area contributed by atoms with Gasteiger partial charge >= 0.3 is 0 Å². The van der Waals surface area contributed by atoms with Crippen LogP contribution < -0.4 is 10.5 Å². The number of rotatable bonds is 4. The van der Waals surface area contributed by atoms with Gasteiger partial charge in [-0.1, -0.05) is 0 Å². The van der Waals surface area contributed by atoms with Crippen molar-refractivity contribution in [3.63, 3.8) is 0 Å². The van der Waals surface area contributed by atoms with Gasteiger partial charge in [0.15, 0.2) is 0 Å².